The van der Waals surface area contributed by atoms with Crippen molar-refractivity contribution in [1.29, 1.82) is 0 Å². The zero-order chi connectivity index (χ0) is 13.0. The molecule has 2 rings (SSSR count). The molecule has 1 aromatic carbocycles. The van der Waals surface area contributed by atoms with Gasteiger partial charge in [0, 0.05) is 18.2 Å². The summed E-state index contributed by atoms with van der Waals surface area (Å²) in [6.45, 7) is 1.72. The predicted molar refractivity (Wildman–Crippen MR) is 70.6 cm³/mol. The molecule has 92 valence electrons. The van der Waals surface area contributed by atoms with Gasteiger partial charge in [0.25, 0.3) is 5.56 Å². The number of hydrogen-bond donors (Lipinski definition) is 1. The maximum atomic E-state index is 11.8. The van der Waals surface area contributed by atoms with Gasteiger partial charge < -0.3 is 4.98 Å². The Morgan fingerprint density at radius 1 is 1.33 bits per heavy atom. The topological polar surface area (TPSA) is 62.8 Å². The smallest absolute Gasteiger partial charge is 0.251 e. The Bertz CT molecular complexity index is 608. The van der Waals surface area contributed by atoms with Gasteiger partial charge >= 0.3 is 0 Å². The van der Waals surface area contributed by atoms with Gasteiger partial charge in [-0.3, -0.25) is 9.59 Å². The molecule has 0 aliphatic heterocycles. The number of H-pyrrole nitrogens is 1. The zero-order valence-electron chi connectivity index (χ0n) is 9.84. The van der Waals surface area contributed by atoms with E-state index in [1.54, 1.807) is 6.92 Å². The van der Waals surface area contributed by atoms with Crippen molar-refractivity contribution in [2.24, 2.45) is 0 Å². The number of aromatic amines is 1. The van der Waals surface area contributed by atoms with Crippen molar-refractivity contribution in [1.82, 2.24) is 9.97 Å². The second-order valence-corrected chi connectivity index (χ2v) is 4.87. The van der Waals surface area contributed by atoms with Gasteiger partial charge in [0.1, 0.15) is 0 Å². The van der Waals surface area contributed by atoms with Crippen molar-refractivity contribution in [3.8, 4) is 0 Å². The lowest BCUT2D eigenvalue weighted by Gasteiger charge is -2.01. The van der Waals surface area contributed by atoms with E-state index in [0.29, 0.717) is 17.3 Å². The lowest BCUT2D eigenvalue weighted by Crippen LogP contribution is -2.09. The summed E-state index contributed by atoms with van der Waals surface area (Å²) in [6, 6.07) is 10.9. The second kappa shape index (κ2) is 5.64. The summed E-state index contributed by atoms with van der Waals surface area (Å²) in [5.74, 6) is 0. The van der Waals surface area contributed by atoms with E-state index in [0.717, 1.165) is 17.3 Å². The highest BCUT2D eigenvalue weighted by Gasteiger charge is 2.08. The summed E-state index contributed by atoms with van der Waals surface area (Å²) in [5.41, 5.74) is 1.32. The van der Waals surface area contributed by atoms with Gasteiger partial charge in [-0.2, -0.15) is 0 Å². The lowest BCUT2D eigenvalue weighted by molar-refractivity contribution is -0.110. The van der Waals surface area contributed by atoms with Crippen LogP contribution < -0.4 is 5.56 Å². The number of carbonyl (C=O) groups excluding carboxylic acids is 1. The van der Waals surface area contributed by atoms with Crippen LogP contribution in [0.2, 0.25) is 0 Å². The standard InChI is InChI=1S/C13H12N2O2S/c1-9-7-11(16)15-13(14-9)18-12(17)8-10-5-3-2-4-6-10/h2-7H,8H2,1H3,(H,14,15,16). The van der Waals surface area contributed by atoms with E-state index in [1.165, 1.54) is 6.07 Å². The molecule has 4 nitrogen and oxygen atoms in total. The molecule has 0 spiro atoms. The molecule has 5 heteroatoms. The first-order valence-corrected chi connectivity index (χ1v) is 6.28. The number of nitrogens with zero attached hydrogens (tertiary/aromatic N) is 1. The van der Waals surface area contributed by atoms with Crippen molar-refractivity contribution in [3.05, 3.63) is 58.0 Å². The first-order valence-electron chi connectivity index (χ1n) is 5.46. The largest absolute Gasteiger partial charge is 0.301 e. The number of hydrogen-bond acceptors (Lipinski definition) is 4. The summed E-state index contributed by atoms with van der Waals surface area (Å²) in [4.78, 5) is 29.7. The zero-order valence-corrected chi connectivity index (χ0v) is 10.7. The summed E-state index contributed by atoms with van der Waals surface area (Å²) >= 11 is 0.961. The van der Waals surface area contributed by atoms with Crippen LogP contribution in [0.1, 0.15) is 11.3 Å². The second-order valence-electron chi connectivity index (χ2n) is 3.83. The van der Waals surface area contributed by atoms with Crippen LogP contribution in [0.15, 0.2) is 46.3 Å². The fraction of sp³-hybridized carbons (Fsp3) is 0.154. The molecular formula is C13H12N2O2S. The average Bonchev–Trinajstić information content (AvgIpc) is 2.28. The van der Waals surface area contributed by atoms with Crippen LogP contribution >= 0.6 is 11.8 Å². The van der Waals surface area contributed by atoms with Gasteiger partial charge in [0.15, 0.2) is 5.16 Å². The van der Waals surface area contributed by atoms with Crippen LogP contribution in [0.4, 0.5) is 0 Å². The monoisotopic (exact) mass is 260 g/mol. The fourth-order valence-electron chi connectivity index (χ4n) is 1.51. The van der Waals surface area contributed by atoms with E-state index in [4.69, 9.17) is 0 Å². The fourth-order valence-corrected chi connectivity index (χ4v) is 2.30. The molecule has 0 saturated heterocycles. The molecule has 0 bridgehead atoms. The minimum atomic E-state index is -0.238. The molecule has 18 heavy (non-hydrogen) atoms. The van der Waals surface area contributed by atoms with Crippen LogP contribution in [0, 0.1) is 6.92 Å². The number of carbonyl (C=O) groups is 1. The summed E-state index contributed by atoms with van der Waals surface area (Å²) < 4.78 is 0. The summed E-state index contributed by atoms with van der Waals surface area (Å²) in [7, 11) is 0. The van der Waals surface area contributed by atoms with E-state index in [9.17, 15) is 9.59 Å². The predicted octanol–water partition coefficient (Wildman–Crippen LogP) is 1.94. The van der Waals surface area contributed by atoms with Gasteiger partial charge in [0.05, 0.1) is 0 Å². The Labute approximate surface area is 108 Å². The summed E-state index contributed by atoms with van der Waals surface area (Å²) in [5, 5.41) is 0.302. The third kappa shape index (κ3) is 3.56. The van der Waals surface area contributed by atoms with E-state index >= 15 is 0 Å². The molecular weight excluding hydrogens is 248 g/mol. The van der Waals surface area contributed by atoms with Crippen LogP contribution in [0.3, 0.4) is 0 Å². The van der Waals surface area contributed by atoms with Crippen LogP contribution in [-0.4, -0.2) is 15.1 Å². The van der Waals surface area contributed by atoms with Crippen LogP contribution in [0.25, 0.3) is 0 Å². The van der Waals surface area contributed by atoms with Gasteiger partial charge in [-0.25, -0.2) is 4.98 Å². The number of benzene rings is 1. The molecule has 0 aliphatic carbocycles. The van der Waals surface area contributed by atoms with E-state index in [-0.39, 0.29) is 10.7 Å². The van der Waals surface area contributed by atoms with Gasteiger partial charge in [0.2, 0.25) is 5.12 Å². The Balaban J connectivity index is 2.05. The highest BCUT2D eigenvalue weighted by Crippen LogP contribution is 2.15. The minimum Gasteiger partial charge on any atom is -0.301 e. The number of aromatic nitrogens is 2. The average molecular weight is 260 g/mol. The molecule has 0 atom stereocenters. The van der Waals surface area contributed by atoms with E-state index in [2.05, 4.69) is 9.97 Å². The lowest BCUT2D eigenvalue weighted by atomic mass is 10.2. The Morgan fingerprint density at radius 2 is 2.06 bits per heavy atom. The molecule has 0 radical (unpaired) electrons. The van der Waals surface area contributed by atoms with Crippen molar-refractivity contribution >= 4 is 16.9 Å². The first-order chi connectivity index (χ1) is 8.63. The van der Waals surface area contributed by atoms with E-state index in [1.807, 2.05) is 30.3 Å². The van der Waals surface area contributed by atoms with Gasteiger partial charge in [-0.05, 0) is 24.2 Å². The van der Waals surface area contributed by atoms with Crippen molar-refractivity contribution < 1.29 is 4.79 Å². The Morgan fingerprint density at radius 3 is 2.72 bits per heavy atom. The molecule has 0 fully saturated rings. The third-order valence-electron chi connectivity index (χ3n) is 2.25. The number of rotatable bonds is 3. The number of thioether (sulfide) groups is 1. The van der Waals surface area contributed by atoms with Crippen molar-refractivity contribution in [2.45, 2.75) is 18.5 Å². The first kappa shape index (κ1) is 12.6. The highest BCUT2D eigenvalue weighted by atomic mass is 32.2. The Hall–Kier alpha value is -1.88. The highest BCUT2D eigenvalue weighted by molar-refractivity contribution is 8.13. The van der Waals surface area contributed by atoms with E-state index < -0.39 is 0 Å². The normalized spacial score (nSPS) is 10.3. The molecule has 1 aromatic heterocycles. The minimum absolute atomic E-state index is 0.0463. The van der Waals surface area contributed by atoms with Crippen molar-refractivity contribution in [3.63, 3.8) is 0 Å². The van der Waals surface area contributed by atoms with Crippen LogP contribution in [-0.2, 0) is 11.2 Å². The van der Waals surface area contributed by atoms with Gasteiger partial charge in [-0.15, -0.1) is 0 Å². The molecule has 0 unspecified atom stereocenters. The van der Waals surface area contributed by atoms with Crippen LogP contribution in [0.5, 0.6) is 0 Å². The summed E-state index contributed by atoms with van der Waals surface area (Å²) in [6.07, 6.45) is 0.323. The maximum absolute atomic E-state index is 11.8. The third-order valence-corrected chi connectivity index (χ3v) is 3.01. The molecule has 2 aromatic rings. The Kier molecular flexibility index (Phi) is 3.94. The van der Waals surface area contributed by atoms with Gasteiger partial charge in [-0.1, -0.05) is 30.3 Å². The SMILES string of the molecule is Cc1cc(=O)[nH]c(SC(=O)Cc2ccccc2)n1. The van der Waals surface area contributed by atoms with Crippen molar-refractivity contribution in [2.75, 3.05) is 0 Å². The molecule has 1 N–H and O–H groups in total. The number of nitrogens with one attached hydrogen (secondary N) is 1. The maximum Gasteiger partial charge on any atom is 0.251 e. The number of aryl methyl sites for hydroxylation is 1. The molecule has 0 saturated carbocycles. The molecule has 0 aliphatic rings. The quantitative estimate of drug-likeness (QED) is 0.676. The molecule has 0 amide bonds. The molecule has 1 heterocycles.